The van der Waals surface area contributed by atoms with E-state index in [-0.39, 0.29) is 11.4 Å². The van der Waals surface area contributed by atoms with Crippen molar-refractivity contribution in [2.24, 2.45) is 0 Å². The molecule has 0 saturated heterocycles. The molecule has 2 N–H and O–H groups in total. The Labute approximate surface area is 108 Å². The summed E-state index contributed by atoms with van der Waals surface area (Å²) in [5, 5.41) is 13.0. The highest BCUT2D eigenvalue weighted by molar-refractivity contribution is 7.07. The van der Waals surface area contributed by atoms with E-state index in [1.54, 1.807) is 12.3 Å². The van der Waals surface area contributed by atoms with Gasteiger partial charge in [0, 0.05) is 11.1 Å². The van der Waals surface area contributed by atoms with E-state index in [4.69, 9.17) is 5.11 Å². The lowest BCUT2D eigenvalue weighted by molar-refractivity contribution is -0.142. The van der Waals surface area contributed by atoms with Crippen molar-refractivity contribution in [1.82, 2.24) is 9.88 Å². The van der Waals surface area contributed by atoms with Gasteiger partial charge in [-0.2, -0.15) is 0 Å². The van der Waals surface area contributed by atoms with E-state index >= 15 is 0 Å². The van der Waals surface area contributed by atoms with E-state index < -0.39 is 17.9 Å². The molecular weight excluding hydrogens is 256 g/mol. The van der Waals surface area contributed by atoms with Gasteiger partial charge in [-0.1, -0.05) is 24.7 Å². The van der Waals surface area contributed by atoms with Crippen LogP contribution in [0.4, 0.5) is 0 Å². The second-order valence-electron chi connectivity index (χ2n) is 3.98. The standard InChI is InChI=1S/C11H16N2O4S/c1-3-4-8(10(15)16)12-9(14)5-13-7(2)6-18-11(13)17/h6,8H,3-5H2,1-2H3,(H,12,14)(H,15,16)/t8-/m0/s1. The van der Waals surface area contributed by atoms with Crippen molar-refractivity contribution in [2.45, 2.75) is 39.3 Å². The first-order valence-corrected chi connectivity index (χ1v) is 6.50. The zero-order chi connectivity index (χ0) is 13.7. The fraction of sp³-hybridized carbons (Fsp3) is 0.545. The number of rotatable bonds is 6. The van der Waals surface area contributed by atoms with Crippen LogP contribution < -0.4 is 10.2 Å². The monoisotopic (exact) mass is 272 g/mol. The van der Waals surface area contributed by atoms with Crippen molar-refractivity contribution < 1.29 is 14.7 Å². The molecule has 100 valence electrons. The third-order valence-corrected chi connectivity index (χ3v) is 3.37. The van der Waals surface area contributed by atoms with Gasteiger partial charge in [-0.05, 0) is 13.3 Å². The van der Waals surface area contributed by atoms with Crippen LogP contribution in [0, 0.1) is 6.92 Å². The van der Waals surface area contributed by atoms with Gasteiger partial charge in [0.1, 0.15) is 12.6 Å². The van der Waals surface area contributed by atoms with E-state index in [9.17, 15) is 14.4 Å². The van der Waals surface area contributed by atoms with Crippen LogP contribution in [0.5, 0.6) is 0 Å². The van der Waals surface area contributed by atoms with E-state index in [2.05, 4.69) is 5.32 Å². The van der Waals surface area contributed by atoms with Crippen molar-refractivity contribution in [1.29, 1.82) is 0 Å². The quantitative estimate of drug-likeness (QED) is 0.793. The molecule has 0 saturated carbocycles. The van der Waals surface area contributed by atoms with Crippen LogP contribution >= 0.6 is 11.3 Å². The molecule has 0 aliphatic rings. The Morgan fingerprint density at radius 2 is 2.22 bits per heavy atom. The van der Waals surface area contributed by atoms with Gasteiger partial charge in [0.25, 0.3) is 0 Å². The molecule has 6 nitrogen and oxygen atoms in total. The predicted octanol–water partition coefficient (Wildman–Crippen LogP) is 0.588. The second kappa shape index (κ2) is 6.34. The molecule has 0 aliphatic carbocycles. The Morgan fingerprint density at radius 3 is 2.67 bits per heavy atom. The number of hydrogen-bond donors (Lipinski definition) is 2. The largest absolute Gasteiger partial charge is 0.480 e. The van der Waals surface area contributed by atoms with E-state index in [0.29, 0.717) is 18.5 Å². The Kier molecular flexibility index (Phi) is 5.08. The topological polar surface area (TPSA) is 88.4 Å². The number of carboxylic acids is 1. The highest BCUT2D eigenvalue weighted by atomic mass is 32.1. The summed E-state index contributed by atoms with van der Waals surface area (Å²) >= 11 is 1.02. The third-order valence-electron chi connectivity index (χ3n) is 2.49. The van der Waals surface area contributed by atoms with Crippen molar-refractivity contribution in [3.8, 4) is 0 Å². The maximum absolute atomic E-state index is 11.7. The van der Waals surface area contributed by atoms with Gasteiger partial charge < -0.3 is 10.4 Å². The SMILES string of the molecule is CCC[C@H](NC(=O)Cn1c(C)csc1=O)C(=O)O. The molecule has 1 amide bonds. The normalized spacial score (nSPS) is 12.1. The molecule has 0 aliphatic heterocycles. The number of nitrogens with one attached hydrogen (secondary N) is 1. The molecule has 1 heterocycles. The lowest BCUT2D eigenvalue weighted by Gasteiger charge is -2.13. The molecule has 0 unspecified atom stereocenters. The maximum Gasteiger partial charge on any atom is 0.326 e. The number of hydrogen-bond acceptors (Lipinski definition) is 4. The molecule has 18 heavy (non-hydrogen) atoms. The highest BCUT2D eigenvalue weighted by Gasteiger charge is 2.19. The van der Waals surface area contributed by atoms with Gasteiger partial charge in [0.15, 0.2) is 0 Å². The van der Waals surface area contributed by atoms with Crippen molar-refractivity contribution in [3.63, 3.8) is 0 Å². The highest BCUT2D eigenvalue weighted by Crippen LogP contribution is 2.00. The smallest absolute Gasteiger partial charge is 0.326 e. The van der Waals surface area contributed by atoms with Crippen LogP contribution in [0.1, 0.15) is 25.5 Å². The third kappa shape index (κ3) is 3.69. The average Bonchev–Trinajstić information content (AvgIpc) is 2.60. The van der Waals surface area contributed by atoms with Crippen LogP contribution in [0.25, 0.3) is 0 Å². The molecule has 0 bridgehead atoms. The van der Waals surface area contributed by atoms with E-state index in [0.717, 1.165) is 11.3 Å². The van der Waals surface area contributed by atoms with Crippen LogP contribution in [-0.2, 0) is 16.1 Å². The summed E-state index contributed by atoms with van der Waals surface area (Å²) in [4.78, 5) is 33.7. The Balaban J connectivity index is 2.66. The van der Waals surface area contributed by atoms with Crippen LogP contribution in [0.3, 0.4) is 0 Å². The number of carbonyl (C=O) groups excluding carboxylic acids is 1. The van der Waals surface area contributed by atoms with Gasteiger partial charge >= 0.3 is 10.8 Å². The van der Waals surface area contributed by atoms with Crippen molar-refractivity contribution in [3.05, 3.63) is 20.7 Å². The molecule has 1 aromatic rings. The first kappa shape index (κ1) is 14.4. The van der Waals surface area contributed by atoms with Gasteiger partial charge in [0.05, 0.1) is 0 Å². The van der Waals surface area contributed by atoms with E-state index in [1.165, 1.54) is 4.57 Å². The Hall–Kier alpha value is -1.63. The summed E-state index contributed by atoms with van der Waals surface area (Å²) in [7, 11) is 0. The maximum atomic E-state index is 11.7. The minimum atomic E-state index is -1.06. The predicted molar refractivity (Wildman–Crippen MR) is 67.8 cm³/mol. The summed E-state index contributed by atoms with van der Waals surface area (Å²) in [6.07, 6.45) is 1.03. The number of amides is 1. The molecular formula is C11H16N2O4S. The molecule has 0 aromatic carbocycles. The number of nitrogens with zero attached hydrogens (tertiary/aromatic N) is 1. The summed E-state index contributed by atoms with van der Waals surface area (Å²) in [6.45, 7) is 3.43. The van der Waals surface area contributed by atoms with Gasteiger partial charge in [-0.3, -0.25) is 14.2 Å². The Bertz CT molecular complexity index is 491. The molecule has 1 rings (SSSR count). The second-order valence-corrected chi connectivity index (χ2v) is 4.80. The van der Waals surface area contributed by atoms with Crippen LogP contribution in [0.2, 0.25) is 0 Å². The summed E-state index contributed by atoms with van der Waals surface area (Å²) < 4.78 is 1.32. The van der Waals surface area contributed by atoms with Crippen molar-refractivity contribution in [2.75, 3.05) is 0 Å². The minimum Gasteiger partial charge on any atom is -0.480 e. The molecule has 7 heteroatoms. The number of aromatic nitrogens is 1. The number of carboxylic acid groups (broad SMARTS) is 1. The lowest BCUT2D eigenvalue weighted by Crippen LogP contribution is -2.43. The number of aryl methyl sites for hydroxylation is 1. The van der Waals surface area contributed by atoms with Crippen LogP contribution in [-0.4, -0.2) is 27.6 Å². The zero-order valence-corrected chi connectivity index (χ0v) is 11.1. The molecule has 1 atom stereocenters. The van der Waals surface area contributed by atoms with E-state index in [1.807, 2.05) is 6.92 Å². The number of carbonyl (C=O) groups is 2. The van der Waals surface area contributed by atoms with Gasteiger partial charge in [-0.25, -0.2) is 4.79 Å². The van der Waals surface area contributed by atoms with Gasteiger partial charge in [0.2, 0.25) is 5.91 Å². The van der Waals surface area contributed by atoms with Gasteiger partial charge in [-0.15, -0.1) is 0 Å². The first-order chi connectivity index (χ1) is 8.45. The minimum absolute atomic E-state index is 0.137. The van der Waals surface area contributed by atoms with Crippen LogP contribution in [0.15, 0.2) is 10.2 Å². The zero-order valence-electron chi connectivity index (χ0n) is 10.3. The molecule has 0 fully saturated rings. The van der Waals surface area contributed by atoms with Crippen molar-refractivity contribution >= 4 is 23.2 Å². The summed E-state index contributed by atoms with van der Waals surface area (Å²) in [6, 6.07) is -0.892. The summed E-state index contributed by atoms with van der Waals surface area (Å²) in [5.74, 6) is -1.51. The number of aliphatic carboxylic acids is 1. The molecule has 1 aromatic heterocycles. The lowest BCUT2D eigenvalue weighted by atomic mass is 10.1. The fourth-order valence-corrected chi connectivity index (χ4v) is 2.26. The average molecular weight is 272 g/mol. The fourth-order valence-electron chi connectivity index (χ4n) is 1.53. The first-order valence-electron chi connectivity index (χ1n) is 5.62. The molecule has 0 radical (unpaired) electrons. The number of thiazole rings is 1. The summed E-state index contributed by atoms with van der Waals surface area (Å²) in [5.41, 5.74) is 0.697. The Morgan fingerprint density at radius 1 is 1.56 bits per heavy atom. The molecule has 0 spiro atoms.